The monoisotopic (exact) mass is 455 g/mol. The van der Waals surface area contributed by atoms with Crippen molar-refractivity contribution in [1.82, 2.24) is 4.90 Å². The molecule has 2 fully saturated rings. The Hall–Kier alpha value is -2.82. The van der Waals surface area contributed by atoms with Gasteiger partial charge < -0.3 is 4.74 Å². The van der Waals surface area contributed by atoms with Crippen LogP contribution in [-0.2, 0) is 4.74 Å². The van der Waals surface area contributed by atoms with E-state index < -0.39 is 0 Å². The first kappa shape index (κ1) is 24.3. The summed E-state index contributed by atoms with van der Waals surface area (Å²) >= 11 is 0. The lowest BCUT2D eigenvalue weighted by Gasteiger charge is -2.57. The number of nitrogens with zero attached hydrogens (tertiary/aromatic N) is 3. The van der Waals surface area contributed by atoms with Crippen LogP contribution in [0, 0.1) is 40.1 Å². The van der Waals surface area contributed by atoms with E-state index in [1.807, 2.05) is 18.2 Å². The standard InChI is InChI=1S/C30H37N3O/c1-28(2,3)26-18-21(25(19-31)32-8)17-22(34-26)10-9-20-15-23-27-24(16-20)30(6,7)12-14-33(27)13-11-29(23,4)5/h9-10,15-18,23,27H,11-14H2,1-7H3/b10-9+,25-21-. The SMILES string of the molecule is [C-]#[N+]/C(C#N)=C1C=C(/C=C/C2=CC3C4C(=C2)C(C)(C)CCN4CCC3(C)C)OC(C(C)(C)C)=C/1. The molecule has 4 heteroatoms. The molecule has 1 aliphatic carbocycles. The third-order valence-corrected chi connectivity index (χ3v) is 7.98. The number of allylic oxidation sites excluding steroid dienone is 9. The van der Waals surface area contributed by atoms with Crippen LogP contribution in [0.25, 0.3) is 4.85 Å². The fourth-order valence-electron chi connectivity index (χ4n) is 5.58. The fourth-order valence-corrected chi connectivity index (χ4v) is 5.58. The Morgan fingerprint density at radius 2 is 1.85 bits per heavy atom. The molecule has 0 N–H and O–H groups in total. The van der Waals surface area contributed by atoms with Crippen LogP contribution in [0.15, 0.2) is 70.4 Å². The Bertz CT molecular complexity index is 1130. The molecule has 4 rings (SSSR count). The van der Waals surface area contributed by atoms with E-state index in [4.69, 9.17) is 11.3 Å². The third-order valence-electron chi connectivity index (χ3n) is 7.98. The van der Waals surface area contributed by atoms with Crippen LogP contribution in [0.2, 0.25) is 0 Å². The zero-order valence-corrected chi connectivity index (χ0v) is 21.7. The van der Waals surface area contributed by atoms with Crippen molar-refractivity contribution in [2.24, 2.45) is 22.2 Å². The highest BCUT2D eigenvalue weighted by Crippen LogP contribution is 2.52. The molecule has 0 aromatic heterocycles. The smallest absolute Gasteiger partial charge is 0.269 e. The van der Waals surface area contributed by atoms with Gasteiger partial charge in [0.15, 0.2) is 0 Å². The van der Waals surface area contributed by atoms with Crippen molar-refractivity contribution in [2.45, 2.75) is 67.3 Å². The predicted molar refractivity (Wildman–Crippen MR) is 137 cm³/mol. The summed E-state index contributed by atoms with van der Waals surface area (Å²) in [5.74, 6) is 1.90. The number of nitriles is 1. The summed E-state index contributed by atoms with van der Waals surface area (Å²) in [5.41, 5.74) is 3.68. The average Bonchev–Trinajstić information content (AvgIpc) is 2.76. The van der Waals surface area contributed by atoms with Gasteiger partial charge in [0.1, 0.15) is 11.5 Å². The van der Waals surface area contributed by atoms with Gasteiger partial charge in [-0.2, -0.15) is 0 Å². The van der Waals surface area contributed by atoms with Gasteiger partial charge in [-0.1, -0.05) is 66.7 Å². The summed E-state index contributed by atoms with van der Waals surface area (Å²) in [6, 6.07) is 2.52. The Kier molecular flexibility index (Phi) is 6.03. The predicted octanol–water partition coefficient (Wildman–Crippen LogP) is 7.10. The largest absolute Gasteiger partial charge is 0.461 e. The second-order valence-electron chi connectivity index (χ2n) is 12.4. The topological polar surface area (TPSA) is 40.6 Å². The Morgan fingerprint density at radius 3 is 2.50 bits per heavy atom. The summed E-state index contributed by atoms with van der Waals surface area (Å²) in [4.78, 5) is 6.11. The van der Waals surface area contributed by atoms with Crippen LogP contribution in [0.3, 0.4) is 0 Å². The van der Waals surface area contributed by atoms with Gasteiger partial charge in [0.05, 0.1) is 12.6 Å². The molecule has 0 spiro atoms. The summed E-state index contributed by atoms with van der Waals surface area (Å²) in [6.45, 7) is 25.6. The molecule has 0 bridgehead atoms. The van der Waals surface area contributed by atoms with Crippen molar-refractivity contribution in [1.29, 1.82) is 5.26 Å². The van der Waals surface area contributed by atoms with E-state index in [1.165, 1.54) is 31.5 Å². The van der Waals surface area contributed by atoms with E-state index in [0.717, 1.165) is 5.76 Å². The summed E-state index contributed by atoms with van der Waals surface area (Å²) in [7, 11) is 0. The minimum Gasteiger partial charge on any atom is -0.461 e. The first-order chi connectivity index (χ1) is 15.9. The van der Waals surface area contributed by atoms with Crippen LogP contribution in [0.4, 0.5) is 0 Å². The van der Waals surface area contributed by atoms with E-state index in [2.05, 4.69) is 76.4 Å². The third kappa shape index (κ3) is 4.45. The highest BCUT2D eigenvalue weighted by molar-refractivity contribution is 5.52. The van der Waals surface area contributed by atoms with Gasteiger partial charge in [-0.05, 0) is 71.7 Å². The zero-order valence-electron chi connectivity index (χ0n) is 21.7. The van der Waals surface area contributed by atoms with E-state index in [0.29, 0.717) is 23.3 Å². The van der Waals surface area contributed by atoms with E-state index >= 15 is 0 Å². The first-order valence-electron chi connectivity index (χ1n) is 12.4. The Morgan fingerprint density at radius 1 is 1.15 bits per heavy atom. The Balaban J connectivity index is 1.72. The maximum atomic E-state index is 9.42. The molecular formula is C30H37N3O. The zero-order chi connectivity index (χ0) is 24.9. The number of rotatable bonds is 2. The van der Waals surface area contributed by atoms with Gasteiger partial charge >= 0.3 is 0 Å². The van der Waals surface area contributed by atoms with Crippen molar-refractivity contribution >= 4 is 0 Å². The van der Waals surface area contributed by atoms with Crippen molar-refractivity contribution in [3.8, 4) is 6.07 Å². The number of hydrogen-bond donors (Lipinski definition) is 0. The van der Waals surface area contributed by atoms with Gasteiger partial charge in [-0.25, -0.2) is 10.1 Å². The van der Waals surface area contributed by atoms with E-state index in [-0.39, 0.29) is 21.9 Å². The molecule has 3 heterocycles. The van der Waals surface area contributed by atoms with E-state index in [9.17, 15) is 5.26 Å². The molecule has 2 unspecified atom stereocenters. The minimum absolute atomic E-state index is 0.0887. The molecule has 4 nitrogen and oxygen atoms in total. The molecule has 0 saturated carbocycles. The molecule has 3 aliphatic heterocycles. The maximum Gasteiger partial charge on any atom is 0.269 e. The number of hydrogen-bond acceptors (Lipinski definition) is 3. The lowest BCUT2D eigenvalue weighted by Crippen LogP contribution is -2.58. The van der Waals surface area contributed by atoms with Crippen molar-refractivity contribution < 1.29 is 4.74 Å². The molecule has 178 valence electrons. The molecule has 0 aromatic rings. The average molecular weight is 456 g/mol. The molecular weight excluding hydrogens is 418 g/mol. The van der Waals surface area contributed by atoms with Gasteiger partial charge in [0.2, 0.25) is 0 Å². The molecule has 4 aliphatic rings. The normalized spacial score (nSPS) is 29.4. The lowest BCUT2D eigenvalue weighted by molar-refractivity contribution is 0.00596. The van der Waals surface area contributed by atoms with E-state index in [1.54, 1.807) is 11.6 Å². The summed E-state index contributed by atoms with van der Waals surface area (Å²) in [5, 5.41) is 9.42. The lowest BCUT2D eigenvalue weighted by atomic mass is 9.59. The molecule has 0 radical (unpaired) electrons. The van der Waals surface area contributed by atoms with Crippen LogP contribution < -0.4 is 0 Å². The van der Waals surface area contributed by atoms with Gasteiger partial charge in [0.25, 0.3) is 5.70 Å². The van der Waals surface area contributed by atoms with Crippen molar-refractivity contribution in [3.05, 3.63) is 81.8 Å². The van der Waals surface area contributed by atoms with Crippen molar-refractivity contribution in [2.75, 3.05) is 13.1 Å². The molecule has 2 saturated heterocycles. The van der Waals surface area contributed by atoms with Crippen molar-refractivity contribution in [3.63, 3.8) is 0 Å². The highest BCUT2D eigenvalue weighted by atomic mass is 16.5. The molecule has 0 aromatic carbocycles. The van der Waals surface area contributed by atoms with Gasteiger partial charge in [-0.3, -0.25) is 4.90 Å². The van der Waals surface area contributed by atoms with Crippen LogP contribution in [0.5, 0.6) is 0 Å². The molecule has 2 atom stereocenters. The Labute approximate surface area is 205 Å². The van der Waals surface area contributed by atoms with Crippen LogP contribution in [0.1, 0.15) is 61.3 Å². The minimum atomic E-state index is -0.234. The second-order valence-corrected chi connectivity index (χ2v) is 12.4. The maximum absolute atomic E-state index is 9.42. The highest BCUT2D eigenvalue weighted by Gasteiger charge is 2.49. The number of ether oxygens (including phenoxy) is 1. The van der Waals surface area contributed by atoms with Crippen LogP contribution >= 0.6 is 0 Å². The van der Waals surface area contributed by atoms with Gasteiger partial charge in [0, 0.05) is 17.4 Å². The number of piperidine rings is 2. The second kappa shape index (κ2) is 8.44. The first-order valence-corrected chi connectivity index (χ1v) is 12.4. The molecule has 34 heavy (non-hydrogen) atoms. The summed E-state index contributed by atoms with van der Waals surface area (Å²) < 4.78 is 6.21. The van der Waals surface area contributed by atoms with Gasteiger partial charge in [-0.15, -0.1) is 0 Å². The summed E-state index contributed by atoms with van der Waals surface area (Å²) in [6.07, 6.45) is 15.0. The molecule has 0 amide bonds. The fraction of sp³-hybridized carbons (Fsp3) is 0.533. The quantitative estimate of drug-likeness (QED) is 0.329. The van der Waals surface area contributed by atoms with Crippen LogP contribution in [-0.4, -0.2) is 24.0 Å².